The molecule has 0 fully saturated rings. The Labute approximate surface area is 174 Å². The zero-order chi connectivity index (χ0) is 21.9. The van der Waals surface area contributed by atoms with E-state index in [4.69, 9.17) is 10.8 Å². The van der Waals surface area contributed by atoms with Crippen LogP contribution in [0, 0.1) is 6.92 Å². The maximum absolute atomic E-state index is 11.6. The van der Waals surface area contributed by atoms with Crippen molar-refractivity contribution in [3.05, 3.63) is 41.6 Å². The number of hydrogen-bond donors (Lipinski definition) is 6. The van der Waals surface area contributed by atoms with Gasteiger partial charge >= 0.3 is 0 Å². The lowest BCUT2D eigenvalue weighted by atomic mass is 10.1. The monoisotopic (exact) mass is 412 g/mol. The van der Waals surface area contributed by atoms with Gasteiger partial charge in [-0.2, -0.15) is 12.6 Å². The second-order valence-corrected chi connectivity index (χ2v) is 5.90. The van der Waals surface area contributed by atoms with Gasteiger partial charge in [0.1, 0.15) is 5.75 Å². The average molecular weight is 413 g/mol. The molecule has 6 N–H and O–H groups in total. The zero-order valence-corrected chi connectivity index (χ0v) is 18.5. The number of phenols is 1. The van der Waals surface area contributed by atoms with Gasteiger partial charge in [0.15, 0.2) is 0 Å². The first-order valence-electron chi connectivity index (χ1n) is 9.10. The van der Waals surface area contributed by atoms with E-state index in [1.165, 1.54) is 5.56 Å². The number of aromatic hydroxyl groups is 1. The molecule has 2 amide bonds. The first-order valence-corrected chi connectivity index (χ1v) is 10.00. The fourth-order valence-electron chi connectivity index (χ4n) is 1.94. The molecular formula is C20H36N4O3S. The molecule has 0 bridgehead atoms. The van der Waals surface area contributed by atoms with E-state index >= 15 is 0 Å². The maximum atomic E-state index is 11.6. The summed E-state index contributed by atoms with van der Waals surface area (Å²) in [5.74, 6) is -0.404. The van der Waals surface area contributed by atoms with Gasteiger partial charge in [-0.25, -0.2) is 0 Å². The van der Waals surface area contributed by atoms with Gasteiger partial charge in [0.2, 0.25) is 11.8 Å². The van der Waals surface area contributed by atoms with E-state index in [1.54, 1.807) is 25.4 Å². The maximum Gasteiger partial charge on any atom is 0.237 e. The number of nitrogens with one attached hydrogen (secondary N) is 3. The molecule has 0 heterocycles. The number of allylic oxidation sites excluding steroid dienone is 2. The number of rotatable bonds is 9. The van der Waals surface area contributed by atoms with Gasteiger partial charge in [0.05, 0.1) is 12.6 Å². The van der Waals surface area contributed by atoms with Crippen LogP contribution in [0.3, 0.4) is 0 Å². The van der Waals surface area contributed by atoms with E-state index < -0.39 is 5.91 Å². The number of amides is 2. The number of likely N-dealkylation sites (N-methyl/N-ethyl adjacent to an activating group) is 1. The van der Waals surface area contributed by atoms with Crippen LogP contribution >= 0.6 is 12.6 Å². The van der Waals surface area contributed by atoms with Crippen LogP contribution in [0.5, 0.6) is 5.75 Å². The third-order valence-corrected chi connectivity index (χ3v) is 3.64. The lowest BCUT2D eigenvalue weighted by Gasteiger charge is -2.15. The molecule has 0 aliphatic carbocycles. The zero-order valence-electron chi connectivity index (χ0n) is 17.6. The number of aryl methyl sites for hydroxylation is 1. The first kappa shape index (κ1) is 28.0. The quantitative estimate of drug-likeness (QED) is 0.273. The van der Waals surface area contributed by atoms with Crippen LogP contribution in [0.1, 0.15) is 32.3 Å². The van der Waals surface area contributed by atoms with Crippen LogP contribution in [0.2, 0.25) is 0 Å². The fraction of sp³-hybridized carbons (Fsp3) is 0.500. The van der Waals surface area contributed by atoms with Crippen molar-refractivity contribution >= 4 is 24.4 Å². The number of phenolic OH excluding ortho intramolecular Hbond substituents is 1. The van der Waals surface area contributed by atoms with E-state index in [0.717, 1.165) is 18.7 Å². The number of carbonyl (C=O) groups is 2. The largest absolute Gasteiger partial charge is 0.508 e. The molecular weight excluding hydrogens is 376 g/mol. The van der Waals surface area contributed by atoms with Gasteiger partial charge in [0.25, 0.3) is 0 Å². The van der Waals surface area contributed by atoms with Gasteiger partial charge < -0.3 is 26.8 Å². The summed E-state index contributed by atoms with van der Waals surface area (Å²) in [7, 11) is 1.72. The molecule has 0 aliphatic rings. The van der Waals surface area contributed by atoms with Gasteiger partial charge in [-0.15, -0.1) is 0 Å². The number of hydrogen-bond acceptors (Lipinski definition) is 6. The van der Waals surface area contributed by atoms with E-state index in [9.17, 15) is 9.59 Å². The second-order valence-electron chi connectivity index (χ2n) is 5.90. The Kier molecular flexibility index (Phi) is 18.2. The van der Waals surface area contributed by atoms with Gasteiger partial charge in [-0.3, -0.25) is 9.59 Å². The molecule has 1 unspecified atom stereocenters. The highest BCUT2D eigenvalue weighted by Gasteiger charge is 2.15. The third-order valence-electron chi connectivity index (χ3n) is 3.64. The van der Waals surface area contributed by atoms with Crippen LogP contribution < -0.4 is 21.7 Å². The number of nitrogens with two attached hydrogens (primary N) is 1. The summed E-state index contributed by atoms with van der Waals surface area (Å²) in [4.78, 5) is 22.2. The highest BCUT2D eigenvalue weighted by molar-refractivity contribution is 7.79. The van der Waals surface area contributed by atoms with Gasteiger partial charge in [-0.1, -0.05) is 23.8 Å². The molecule has 7 nitrogen and oxygen atoms in total. The van der Waals surface area contributed by atoms with Gasteiger partial charge in [-0.05, 0) is 59.0 Å². The lowest BCUT2D eigenvalue weighted by molar-refractivity contribution is -0.126. The summed E-state index contributed by atoms with van der Waals surface area (Å²) >= 11 is 3.53. The Morgan fingerprint density at radius 2 is 1.79 bits per heavy atom. The summed E-state index contributed by atoms with van der Waals surface area (Å²) in [5, 5.41) is 17.4. The lowest BCUT2D eigenvalue weighted by Crippen LogP contribution is -2.45. The molecule has 1 aromatic carbocycles. The molecule has 28 heavy (non-hydrogen) atoms. The van der Waals surface area contributed by atoms with Crippen molar-refractivity contribution in [3.63, 3.8) is 0 Å². The van der Waals surface area contributed by atoms with Crippen LogP contribution in [-0.4, -0.2) is 49.4 Å². The molecule has 1 rings (SSSR count). The molecule has 1 aromatic rings. The molecule has 0 spiro atoms. The highest BCUT2D eigenvalue weighted by Crippen LogP contribution is 2.07. The minimum absolute atomic E-state index is 0.118. The van der Waals surface area contributed by atoms with Crippen LogP contribution in [-0.2, 0) is 9.59 Å². The standard InChI is InChI=1S/C12H24N4O2.C7H8O.CH4S/c1-4-9(2)15-7-5-6-10(14-3)12(18)16-8-11(13)17;1-6-2-4-7(8)5-3-6;1-2/h4,10,14-15H,5-8H2,1-3H3,(H2,13,17)(H,16,18);2-5,8H,1H3;2H,1H3/b9-4-;;. The minimum Gasteiger partial charge on any atom is -0.508 e. The molecule has 160 valence electrons. The Morgan fingerprint density at radius 1 is 1.21 bits per heavy atom. The van der Waals surface area contributed by atoms with E-state index in [1.807, 2.05) is 39.0 Å². The van der Waals surface area contributed by atoms with Crippen molar-refractivity contribution in [2.45, 2.75) is 39.7 Å². The van der Waals surface area contributed by atoms with Gasteiger partial charge in [0, 0.05) is 12.2 Å². The summed E-state index contributed by atoms with van der Waals surface area (Å²) < 4.78 is 0. The molecule has 0 saturated carbocycles. The minimum atomic E-state index is -0.538. The van der Waals surface area contributed by atoms with Crippen molar-refractivity contribution in [3.8, 4) is 5.75 Å². The van der Waals surface area contributed by atoms with Crippen molar-refractivity contribution < 1.29 is 14.7 Å². The summed E-state index contributed by atoms with van der Waals surface area (Å²) in [6.45, 7) is 6.65. The SMILES string of the molecule is C/C=C(/C)NCCCC(NC)C(=O)NCC(N)=O.CS.Cc1ccc(O)cc1. The molecule has 1 atom stereocenters. The third kappa shape index (κ3) is 16.0. The second kappa shape index (κ2) is 18.2. The molecule has 8 heteroatoms. The smallest absolute Gasteiger partial charge is 0.237 e. The fourth-order valence-corrected chi connectivity index (χ4v) is 1.94. The number of thiol groups is 1. The number of benzene rings is 1. The Bertz CT molecular complexity index is 556. The van der Waals surface area contributed by atoms with Crippen LogP contribution in [0.25, 0.3) is 0 Å². The Balaban J connectivity index is 0. The first-order chi connectivity index (χ1) is 13.3. The molecule has 0 radical (unpaired) electrons. The molecule has 0 aliphatic heterocycles. The summed E-state index contributed by atoms with van der Waals surface area (Å²) in [6.07, 6.45) is 5.25. The number of primary amides is 1. The summed E-state index contributed by atoms with van der Waals surface area (Å²) in [6, 6.07) is 6.80. The predicted octanol–water partition coefficient (Wildman–Crippen LogP) is 1.72. The van der Waals surface area contributed by atoms with Crippen molar-refractivity contribution in [2.24, 2.45) is 5.73 Å². The highest BCUT2D eigenvalue weighted by atomic mass is 32.1. The van der Waals surface area contributed by atoms with Crippen molar-refractivity contribution in [2.75, 3.05) is 26.4 Å². The topological polar surface area (TPSA) is 116 Å². The van der Waals surface area contributed by atoms with E-state index in [2.05, 4.69) is 28.6 Å². The van der Waals surface area contributed by atoms with Crippen LogP contribution in [0.15, 0.2) is 36.0 Å². The van der Waals surface area contributed by atoms with E-state index in [0.29, 0.717) is 12.2 Å². The average Bonchev–Trinajstić information content (AvgIpc) is 2.70. The molecule has 0 saturated heterocycles. The Hall–Kier alpha value is -2.19. The summed E-state index contributed by atoms with van der Waals surface area (Å²) in [5.41, 5.74) is 7.25. The van der Waals surface area contributed by atoms with E-state index in [-0.39, 0.29) is 18.5 Å². The normalized spacial score (nSPS) is 11.1. The van der Waals surface area contributed by atoms with Crippen LogP contribution in [0.4, 0.5) is 0 Å². The molecule has 0 aromatic heterocycles. The predicted molar refractivity (Wildman–Crippen MR) is 119 cm³/mol. The van der Waals surface area contributed by atoms with Crippen molar-refractivity contribution in [1.29, 1.82) is 0 Å². The Morgan fingerprint density at radius 3 is 2.21 bits per heavy atom. The van der Waals surface area contributed by atoms with Crippen molar-refractivity contribution in [1.82, 2.24) is 16.0 Å². The number of carbonyl (C=O) groups excluding carboxylic acids is 2.